The molecule has 1 aromatic carbocycles. The van der Waals surface area contributed by atoms with E-state index in [1.165, 1.54) is 0 Å². The van der Waals surface area contributed by atoms with Crippen LogP contribution in [0.1, 0.15) is 17.5 Å². The van der Waals surface area contributed by atoms with Crippen LogP contribution in [-0.4, -0.2) is 35.0 Å². The van der Waals surface area contributed by atoms with Crippen molar-refractivity contribution in [3.63, 3.8) is 0 Å². The highest BCUT2D eigenvalue weighted by Gasteiger charge is 2.20. The number of nitrogen functional groups attached to an aromatic ring is 1. The molecule has 0 bridgehead atoms. The first-order chi connectivity index (χ1) is 8.06. The Morgan fingerprint density at radius 2 is 2.35 bits per heavy atom. The van der Waals surface area contributed by atoms with E-state index in [2.05, 4.69) is 4.90 Å². The molecule has 0 radical (unpaired) electrons. The maximum absolute atomic E-state index is 9.44. The minimum atomic E-state index is -0.217. The van der Waals surface area contributed by atoms with E-state index >= 15 is 0 Å². The number of hydrogen-bond acceptors (Lipinski definition) is 3. The van der Waals surface area contributed by atoms with Gasteiger partial charge in [-0.05, 0) is 18.1 Å². The van der Waals surface area contributed by atoms with Crippen LogP contribution in [0.25, 0.3) is 0 Å². The van der Waals surface area contributed by atoms with Crippen LogP contribution in [0.5, 0.6) is 0 Å². The number of nitrogens with two attached hydrogens (primary N) is 1. The Labute approximate surface area is 105 Å². The number of rotatable bonds is 3. The van der Waals surface area contributed by atoms with E-state index in [1.807, 2.05) is 6.07 Å². The van der Waals surface area contributed by atoms with Gasteiger partial charge in [0.1, 0.15) is 5.84 Å². The van der Waals surface area contributed by atoms with Gasteiger partial charge in [-0.1, -0.05) is 23.7 Å². The van der Waals surface area contributed by atoms with Crippen LogP contribution >= 0.6 is 11.6 Å². The Hall–Kier alpha value is -1.10. The smallest absolute Gasteiger partial charge is 0.122 e. The van der Waals surface area contributed by atoms with Crippen molar-refractivity contribution in [2.24, 2.45) is 5.73 Å². The zero-order valence-corrected chi connectivity index (χ0v) is 10.2. The zero-order valence-electron chi connectivity index (χ0n) is 9.49. The van der Waals surface area contributed by atoms with Gasteiger partial charge < -0.3 is 10.8 Å². The van der Waals surface area contributed by atoms with E-state index < -0.39 is 0 Å². The molecule has 1 aliphatic rings. The molecule has 1 saturated heterocycles. The van der Waals surface area contributed by atoms with Crippen molar-refractivity contribution in [3.8, 4) is 0 Å². The van der Waals surface area contributed by atoms with E-state index in [1.54, 1.807) is 12.1 Å². The van der Waals surface area contributed by atoms with Crippen molar-refractivity contribution >= 4 is 17.4 Å². The van der Waals surface area contributed by atoms with Crippen molar-refractivity contribution in [3.05, 3.63) is 34.3 Å². The number of aliphatic hydroxyl groups is 1. The summed E-state index contributed by atoms with van der Waals surface area (Å²) in [6.45, 7) is 2.32. The Kier molecular flexibility index (Phi) is 3.66. The monoisotopic (exact) mass is 253 g/mol. The second kappa shape index (κ2) is 5.04. The summed E-state index contributed by atoms with van der Waals surface area (Å²) in [6, 6.07) is 5.41. The highest BCUT2D eigenvalue weighted by Crippen LogP contribution is 2.21. The second-order valence-corrected chi connectivity index (χ2v) is 4.80. The van der Waals surface area contributed by atoms with Crippen molar-refractivity contribution in [2.45, 2.75) is 19.1 Å². The fourth-order valence-electron chi connectivity index (χ4n) is 2.04. The Morgan fingerprint density at radius 1 is 1.59 bits per heavy atom. The minimum Gasteiger partial charge on any atom is -0.392 e. The molecule has 0 saturated carbocycles. The molecule has 0 spiro atoms. The van der Waals surface area contributed by atoms with Gasteiger partial charge in [0.15, 0.2) is 0 Å². The van der Waals surface area contributed by atoms with Crippen LogP contribution in [0.3, 0.4) is 0 Å². The molecule has 4 N–H and O–H groups in total. The molecule has 1 aliphatic heterocycles. The summed E-state index contributed by atoms with van der Waals surface area (Å²) in [6.07, 6.45) is 0.605. The number of aliphatic hydroxyl groups excluding tert-OH is 1. The van der Waals surface area contributed by atoms with Gasteiger partial charge in [0.25, 0.3) is 0 Å². The maximum atomic E-state index is 9.44. The van der Waals surface area contributed by atoms with Gasteiger partial charge in [-0.15, -0.1) is 0 Å². The first-order valence-electron chi connectivity index (χ1n) is 5.59. The van der Waals surface area contributed by atoms with Crippen LogP contribution in [0.15, 0.2) is 18.2 Å². The normalized spacial score (nSPS) is 20.7. The average Bonchev–Trinajstić information content (AvgIpc) is 2.67. The molecule has 5 heteroatoms. The van der Waals surface area contributed by atoms with Gasteiger partial charge >= 0.3 is 0 Å². The lowest BCUT2D eigenvalue weighted by molar-refractivity contribution is 0.175. The van der Waals surface area contributed by atoms with Gasteiger partial charge in [0.2, 0.25) is 0 Å². The topological polar surface area (TPSA) is 73.3 Å². The summed E-state index contributed by atoms with van der Waals surface area (Å²) in [5.74, 6) is 0.0232. The molecule has 4 nitrogen and oxygen atoms in total. The summed E-state index contributed by atoms with van der Waals surface area (Å²) in [7, 11) is 0. The number of β-amino-alcohol motifs (C(OH)–C–C–N with tert-alkyl or cyclic N) is 1. The molecule has 2 rings (SSSR count). The van der Waals surface area contributed by atoms with Crippen LogP contribution in [-0.2, 0) is 6.54 Å². The first-order valence-corrected chi connectivity index (χ1v) is 5.97. The third-order valence-corrected chi connectivity index (χ3v) is 3.36. The number of halogens is 1. The van der Waals surface area contributed by atoms with E-state index in [9.17, 15) is 5.11 Å². The number of nitrogens with zero attached hydrogens (tertiary/aromatic N) is 1. The minimum absolute atomic E-state index is 0.0232. The fourth-order valence-corrected chi connectivity index (χ4v) is 2.28. The predicted octanol–water partition coefficient (Wildman–Crippen LogP) is 1.19. The predicted molar refractivity (Wildman–Crippen MR) is 68.4 cm³/mol. The standard InChI is InChI=1S/C12H16ClN3O/c13-11-5-8(12(14)15)1-2-9(11)6-16-4-3-10(17)7-16/h1-2,5,10,17H,3-4,6-7H2,(H3,14,15). The van der Waals surface area contributed by atoms with Gasteiger partial charge in [-0.3, -0.25) is 10.3 Å². The molecule has 1 atom stereocenters. The molecular formula is C12H16ClN3O. The third-order valence-electron chi connectivity index (χ3n) is 3.01. The molecule has 92 valence electrons. The molecule has 1 aromatic rings. The highest BCUT2D eigenvalue weighted by molar-refractivity contribution is 6.31. The Bertz CT molecular complexity index is 436. The van der Waals surface area contributed by atoms with Crippen molar-refractivity contribution in [1.82, 2.24) is 4.90 Å². The van der Waals surface area contributed by atoms with Crippen LogP contribution in [0.2, 0.25) is 5.02 Å². The summed E-state index contributed by atoms with van der Waals surface area (Å²) >= 11 is 6.15. The van der Waals surface area contributed by atoms with Gasteiger partial charge in [0.05, 0.1) is 6.10 Å². The van der Waals surface area contributed by atoms with E-state index in [0.717, 1.165) is 25.1 Å². The molecule has 0 aromatic heterocycles. The lowest BCUT2D eigenvalue weighted by Crippen LogP contribution is -2.21. The molecule has 0 amide bonds. The Balaban J connectivity index is 2.09. The number of likely N-dealkylation sites (tertiary alicyclic amines) is 1. The molecule has 1 heterocycles. The van der Waals surface area contributed by atoms with E-state index in [4.69, 9.17) is 22.7 Å². The molecule has 1 fully saturated rings. The number of hydrogen-bond donors (Lipinski definition) is 3. The summed E-state index contributed by atoms with van der Waals surface area (Å²) in [5, 5.41) is 17.4. The lowest BCUT2D eigenvalue weighted by atomic mass is 10.1. The van der Waals surface area contributed by atoms with Crippen LogP contribution in [0.4, 0.5) is 0 Å². The molecule has 0 aliphatic carbocycles. The van der Waals surface area contributed by atoms with Crippen molar-refractivity contribution in [2.75, 3.05) is 13.1 Å². The second-order valence-electron chi connectivity index (χ2n) is 4.40. The first kappa shape index (κ1) is 12.4. The largest absolute Gasteiger partial charge is 0.392 e. The van der Waals surface area contributed by atoms with Crippen molar-refractivity contribution < 1.29 is 5.11 Å². The van der Waals surface area contributed by atoms with Crippen LogP contribution in [0, 0.1) is 5.41 Å². The fraction of sp³-hybridized carbons (Fsp3) is 0.417. The molecular weight excluding hydrogens is 238 g/mol. The number of benzene rings is 1. The summed E-state index contributed by atoms with van der Waals surface area (Å²) in [5.41, 5.74) is 7.04. The SMILES string of the molecule is N=C(N)c1ccc(CN2CCC(O)C2)c(Cl)c1. The van der Waals surface area contributed by atoms with E-state index in [0.29, 0.717) is 17.1 Å². The molecule has 17 heavy (non-hydrogen) atoms. The lowest BCUT2D eigenvalue weighted by Gasteiger charge is -2.16. The summed E-state index contributed by atoms with van der Waals surface area (Å²) < 4.78 is 0. The number of nitrogens with one attached hydrogen (secondary N) is 1. The van der Waals surface area contributed by atoms with E-state index in [-0.39, 0.29) is 11.9 Å². The number of amidine groups is 1. The van der Waals surface area contributed by atoms with Crippen LogP contribution < -0.4 is 5.73 Å². The Morgan fingerprint density at radius 3 is 2.88 bits per heavy atom. The maximum Gasteiger partial charge on any atom is 0.122 e. The highest BCUT2D eigenvalue weighted by atomic mass is 35.5. The summed E-state index contributed by atoms with van der Waals surface area (Å²) in [4.78, 5) is 2.17. The molecule has 1 unspecified atom stereocenters. The third kappa shape index (κ3) is 2.97. The zero-order chi connectivity index (χ0) is 12.4. The van der Waals surface area contributed by atoms with Crippen molar-refractivity contribution in [1.29, 1.82) is 5.41 Å². The van der Waals surface area contributed by atoms with Gasteiger partial charge in [0, 0.05) is 30.2 Å². The average molecular weight is 254 g/mol. The van der Waals surface area contributed by atoms with Gasteiger partial charge in [-0.2, -0.15) is 0 Å². The quantitative estimate of drug-likeness (QED) is 0.560. The van der Waals surface area contributed by atoms with Gasteiger partial charge in [-0.25, -0.2) is 0 Å².